The standard InChI is InChI=1S/C18H26ClN3O3S/c19-16-2-4-17(5-3-16)26(24,25)22-13-11-21(12-14-22)18(23)6-1-15-7-9-20-10-8-15/h2-5,15,20H,1,6-14H2. The molecule has 2 aliphatic rings. The SMILES string of the molecule is O=C(CCC1CCNCC1)N1CCN(S(=O)(=O)c2ccc(Cl)cc2)CC1. The summed E-state index contributed by atoms with van der Waals surface area (Å²) < 4.78 is 26.8. The van der Waals surface area contributed by atoms with Crippen LogP contribution in [-0.4, -0.2) is 62.8 Å². The Bertz CT molecular complexity index is 710. The van der Waals surface area contributed by atoms with E-state index in [2.05, 4.69) is 5.32 Å². The van der Waals surface area contributed by atoms with Crippen LogP contribution in [0.2, 0.25) is 5.02 Å². The Hall–Kier alpha value is -1.15. The van der Waals surface area contributed by atoms with E-state index < -0.39 is 10.0 Å². The number of amides is 1. The molecule has 0 aromatic heterocycles. The van der Waals surface area contributed by atoms with Gasteiger partial charge in [0.15, 0.2) is 0 Å². The lowest BCUT2D eigenvalue weighted by Gasteiger charge is -2.34. The number of piperidine rings is 1. The second-order valence-corrected chi connectivity index (χ2v) is 9.35. The van der Waals surface area contributed by atoms with E-state index in [1.807, 2.05) is 0 Å². The van der Waals surface area contributed by atoms with E-state index in [4.69, 9.17) is 11.6 Å². The average Bonchev–Trinajstić information content (AvgIpc) is 2.67. The Morgan fingerprint density at radius 1 is 1.08 bits per heavy atom. The molecule has 2 fully saturated rings. The van der Waals surface area contributed by atoms with E-state index in [0.29, 0.717) is 43.5 Å². The lowest BCUT2D eigenvalue weighted by atomic mass is 9.93. The first-order valence-corrected chi connectivity index (χ1v) is 11.0. The largest absolute Gasteiger partial charge is 0.340 e. The van der Waals surface area contributed by atoms with Crippen LogP contribution < -0.4 is 5.32 Å². The van der Waals surface area contributed by atoms with Crippen LogP contribution in [0.4, 0.5) is 0 Å². The number of rotatable bonds is 5. The maximum Gasteiger partial charge on any atom is 0.243 e. The van der Waals surface area contributed by atoms with Crippen molar-refractivity contribution in [3.63, 3.8) is 0 Å². The maximum atomic E-state index is 12.7. The van der Waals surface area contributed by atoms with Gasteiger partial charge in [0.1, 0.15) is 0 Å². The summed E-state index contributed by atoms with van der Waals surface area (Å²) in [5.41, 5.74) is 0. The molecule has 0 unspecified atom stereocenters. The topological polar surface area (TPSA) is 69.7 Å². The van der Waals surface area contributed by atoms with Crippen LogP contribution in [0.3, 0.4) is 0 Å². The number of carbonyl (C=O) groups is 1. The Kier molecular flexibility index (Phi) is 6.55. The van der Waals surface area contributed by atoms with Crippen LogP contribution in [0.25, 0.3) is 0 Å². The van der Waals surface area contributed by atoms with E-state index in [-0.39, 0.29) is 10.8 Å². The van der Waals surface area contributed by atoms with Crippen molar-refractivity contribution in [3.05, 3.63) is 29.3 Å². The Morgan fingerprint density at radius 2 is 1.69 bits per heavy atom. The van der Waals surface area contributed by atoms with Crippen LogP contribution >= 0.6 is 11.6 Å². The zero-order valence-corrected chi connectivity index (χ0v) is 16.4. The molecule has 0 aliphatic carbocycles. The number of nitrogens with one attached hydrogen (secondary N) is 1. The Labute approximate surface area is 160 Å². The summed E-state index contributed by atoms with van der Waals surface area (Å²) in [5, 5.41) is 3.84. The van der Waals surface area contributed by atoms with Gasteiger partial charge >= 0.3 is 0 Å². The quantitative estimate of drug-likeness (QED) is 0.821. The summed E-state index contributed by atoms with van der Waals surface area (Å²) in [4.78, 5) is 14.5. The van der Waals surface area contributed by atoms with Crippen LogP contribution in [0.5, 0.6) is 0 Å². The highest BCUT2D eigenvalue weighted by molar-refractivity contribution is 7.89. The van der Waals surface area contributed by atoms with Gasteiger partial charge in [-0.3, -0.25) is 4.79 Å². The fraction of sp³-hybridized carbons (Fsp3) is 0.611. The van der Waals surface area contributed by atoms with E-state index >= 15 is 0 Å². The van der Waals surface area contributed by atoms with E-state index in [1.165, 1.54) is 16.4 Å². The molecular formula is C18H26ClN3O3S. The minimum atomic E-state index is -3.53. The number of sulfonamides is 1. The third-order valence-corrected chi connectivity index (χ3v) is 7.43. The molecule has 0 bridgehead atoms. The molecule has 1 aromatic carbocycles. The number of hydrogen-bond acceptors (Lipinski definition) is 4. The van der Waals surface area contributed by atoms with Crippen LogP contribution in [0, 0.1) is 5.92 Å². The van der Waals surface area contributed by atoms with Crippen molar-refractivity contribution in [1.82, 2.24) is 14.5 Å². The van der Waals surface area contributed by atoms with Gasteiger partial charge < -0.3 is 10.2 Å². The summed E-state index contributed by atoms with van der Waals surface area (Å²) in [5.74, 6) is 0.777. The van der Waals surface area contributed by atoms with E-state index in [0.717, 1.165) is 32.4 Å². The van der Waals surface area contributed by atoms with Gasteiger partial charge in [-0.1, -0.05) is 11.6 Å². The van der Waals surface area contributed by atoms with Gasteiger partial charge in [0.2, 0.25) is 15.9 Å². The first kappa shape index (κ1) is 19.6. The van der Waals surface area contributed by atoms with Crippen molar-refractivity contribution in [2.75, 3.05) is 39.3 Å². The number of halogens is 1. The molecule has 1 aromatic rings. The zero-order chi connectivity index (χ0) is 18.6. The predicted octanol–water partition coefficient (Wildman–Crippen LogP) is 1.95. The number of piperazine rings is 1. The molecule has 0 atom stereocenters. The number of hydrogen-bond donors (Lipinski definition) is 1. The van der Waals surface area contributed by atoms with Crippen LogP contribution in [0.1, 0.15) is 25.7 Å². The van der Waals surface area contributed by atoms with Crippen LogP contribution in [-0.2, 0) is 14.8 Å². The highest BCUT2D eigenvalue weighted by Crippen LogP contribution is 2.21. The summed E-state index contributed by atoms with van der Waals surface area (Å²) in [6.07, 6.45) is 3.78. The van der Waals surface area contributed by atoms with E-state index in [9.17, 15) is 13.2 Å². The molecule has 3 rings (SSSR count). The van der Waals surface area contributed by atoms with E-state index in [1.54, 1.807) is 17.0 Å². The van der Waals surface area contributed by atoms with Gasteiger partial charge in [-0.25, -0.2) is 8.42 Å². The minimum absolute atomic E-state index is 0.145. The predicted molar refractivity (Wildman–Crippen MR) is 102 cm³/mol. The van der Waals surface area contributed by atoms with Crippen molar-refractivity contribution >= 4 is 27.5 Å². The normalized spacial score (nSPS) is 20.3. The monoisotopic (exact) mass is 399 g/mol. The molecule has 0 saturated carbocycles. The Morgan fingerprint density at radius 3 is 2.31 bits per heavy atom. The number of benzene rings is 1. The van der Waals surface area contributed by atoms with Gasteiger partial charge in [-0.2, -0.15) is 4.31 Å². The molecule has 2 saturated heterocycles. The highest BCUT2D eigenvalue weighted by Gasteiger charge is 2.30. The summed E-state index contributed by atoms with van der Waals surface area (Å²) >= 11 is 5.83. The highest BCUT2D eigenvalue weighted by atomic mass is 35.5. The van der Waals surface area contributed by atoms with Crippen LogP contribution in [0.15, 0.2) is 29.2 Å². The van der Waals surface area contributed by atoms with Crippen molar-refractivity contribution < 1.29 is 13.2 Å². The molecule has 1 amide bonds. The number of nitrogens with zero attached hydrogens (tertiary/aromatic N) is 2. The minimum Gasteiger partial charge on any atom is -0.340 e. The summed E-state index contributed by atoms with van der Waals surface area (Å²) in [7, 11) is -3.53. The van der Waals surface area contributed by atoms with Gasteiger partial charge in [0, 0.05) is 37.6 Å². The zero-order valence-electron chi connectivity index (χ0n) is 14.9. The summed E-state index contributed by atoms with van der Waals surface area (Å²) in [6, 6.07) is 6.20. The maximum absolute atomic E-state index is 12.7. The fourth-order valence-electron chi connectivity index (χ4n) is 3.59. The Balaban J connectivity index is 1.50. The molecule has 6 nitrogen and oxygen atoms in total. The van der Waals surface area contributed by atoms with Gasteiger partial charge in [-0.05, 0) is 62.5 Å². The van der Waals surface area contributed by atoms with Crippen molar-refractivity contribution in [2.45, 2.75) is 30.6 Å². The molecule has 0 spiro atoms. The molecule has 2 aliphatic heterocycles. The summed E-state index contributed by atoms with van der Waals surface area (Å²) in [6.45, 7) is 3.67. The van der Waals surface area contributed by atoms with Gasteiger partial charge in [0.25, 0.3) is 0 Å². The smallest absolute Gasteiger partial charge is 0.243 e. The molecule has 1 N–H and O–H groups in total. The van der Waals surface area contributed by atoms with Gasteiger partial charge in [0.05, 0.1) is 4.90 Å². The molecule has 8 heteroatoms. The number of carbonyl (C=O) groups excluding carboxylic acids is 1. The van der Waals surface area contributed by atoms with Crippen molar-refractivity contribution in [2.24, 2.45) is 5.92 Å². The van der Waals surface area contributed by atoms with Gasteiger partial charge in [-0.15, -0.1) is 0 Å². The van der Waals surface area contributed by atoms with Crippen molar-refractivity contribution in [3.8, 4) is 0 Å². The second-order valence-electron chi connectivity index (χ2n) is 6.97. The molecule has 26 heavy (non-hydrogen) atoms. The average molecular weight is 400 g/mol. The first-order valence-electron chi connectivity index (χ1n) is 9.21. The second kappa shape index (κ2) is 8.69. The fourth-order valence-corrected chi connectivity index (χ4v) is 5.14. The molecule has 0 radical (unpaired) electrons. The first-order chi connectivity index (χ1) is 12.5. The third-order valence-electron chi connectivity index (χ3n) is 5.27. The molecule has 2 heterocycles. The third kappa shape index (κ3) is 4.76. The lowest BCUT2D eigenvalue weighted by Crippen LogP contribution is -2.50. The molecular weight excluding hydrogens is 374 g/mol. The lowest BCUT2D eigenvalue weighted by molar-refractivity contribution is -0.132. The van der Waals surface area contributed by atoms with Crippen molar-refractivity contribution in [1.29, 1.82) is 0 Å². The molecule has 144 valence electrons.